The van der Waals surface area contributed by atoms with E-state index in [1.54, 1.807) is 0 Å². The fourth-order valence-electron chi connectivity index (χ4n) is 4.78. The maximum Gasteiger partial charge on any atom is 0.145 e. The molecule has 0 unspecified atom stereocenters. The lowest BCUT2D eigenvalue weighted by Crippen LogP contribution is -1.79. The van der Waals surface area contributed by atoms with Crippen molar-refractivity contribution in [3.8, 4) is 0 Å². The van der Waals surface area contributed by atoms with Crippen LogP contribution < -0.4 is 0 Å². The number of aromatic nitrogens is 1. The molecule has 0 fully saturated rings. The van der Waals surface area contributed by atoms with Gasteiger partial charge in [0.15, 0.2) is 0 Å². The average molecular weight is 392 g/mol. The Morgan fingerprint density at radius 3 is 2.41 bits per heavy atom. The molecule has 0 atom stereocenters. The molecule has 0 bridgehead atoms. The molecule has 0 aliphatic heterocycles. The molecular formula is C26H14ClNO. The standard InChI is InChI=1S/C26H14ClNO/c27-16-8-9-18-21(13-16)28-20-11-10-19-25-22(29-26(19)24(18)20)12-7-15-6-5-14-3-1-2-4-17(14)23(15)25/h1-13,28H. The first-order valence-corrected chi connectivity index (χ1v) is 10.0. The van der Waals surface area contributed by atoms with E-state index in [-0.39, 0.29) is 0 Å². The zero-order valence-corrected chi connectivity index (χ0v) is 16.0. The predicted octanol–water partition coefficient (Wildman–Crippen LogP) is 8.18. The highest BCUT2D eigenvalue weighted by Crippen LogP contribution is 2.42. The molecule has 1 N–H and O–H groups in total. The number of furan rings is 1. The number of rotatable bonds is 0. The molecule has 29 heavy (non-hydrogen) atoms. The molecule has 0 radical (unpaired) electrons. The Labute approximate surface area is 170 Å². The number of fused-ring (bicyclic) bond motifs is 11. The van der Waals surface area contributed by atoms with E-state index in [0.717, 1.165) is 43.4 Å². The Hall–Kier alpha value is -3.49. The van der Waals surface area contributed by atoms with Crippen LogP contribution in [0.1, 0.15) is 0 Å². The summed E-state index contributed by atoms with van der Waals surface area (Å²) in [5, 5.41) is 10.3. The number of aromatic amines is 1. The van der Waals surface area contributed by atoms with Gasteiger partial charge in [-0.25, -0.2) is 0 Å². The minimum atomic E-state index is 0.724. The van der Waals surface area contributed by atoms with Gasteiger partial charge >= 0.3 is 0 Å². The van der Waals surface area contributed by atoms with Crippen LogP contribution in [0.3, 0.4) is 0 Å². The molecular weight excluding hydrogens is 378 g/mol. The van der Waals surface area contributed by atoms with Crippen molar-refractivity contribution < 1.29 is 4.42 Å². The van der Waals surface area contributed by atoms with Crippen LogP contribution in [0.25, 0.3) is 65.3 Å². The molecule has 5 aromatic carbocycles. The average Bonchev–Trinajstić information content (AvgIpc) is 3.30. The van der Waals surface area contributed by atoms with Gasteiger partial charge in [-0.3, -0.25) is 0 Å². The first kappa shape index (κ1) is 15.4. The van der Waals surface area contributed by atoms with Gasteiger partial charge in [0.2, 0.25) is 0 Å². The van der Waals surface area contributed by atoms with Gasteiger partial charge in [-0.1, -0.05) is 60.1 Å². The largest absolute Gasteiger partial charge is 0.455 e. The fraction of sp³-hybridized carbons (Fsp3) is 0. The monoisotopic (exact) mass is 391 g/mol. The third-order valence-corrected chi connectivity index (χ3v) is 6.27. The summed E-state index contributed by atoms with van der Waals surface area (Å²) < 4.78 is 6.47. The molecule has 3 heteroatoms. The third-order valence-electron chi connectivity index (χ3n) is 6.03. The molecule has 0 aliphatic carbocycles. The summed E-state index contributed by atoms with van der Waals surface area (Å²) in [5.41, 5.74) is 3.92. The maximum atomic E-state index is 6.47. The Morgan fingerprint density at radius 2 is 1.45 bits per heavy atom. The van der Waals surface area contributed by atoms with E-state index in [0.29, 0.717) is 0 Å². The van der Waals surface area contributed by atoms with Gasteiger partial charge in [0.1, 0.15) is 11.2 Å². The zero-order chi connectivity index (χ0) is 19.1. The minimum absolute atomic E-state index is 0.724. The number of hydrogen-bond donors (Lipinski definition) is 1. The van der Waals surface area contributed by atoms with Gasteiger partial charge < -0.3 is 9.40 Å². The third kappa shape index (κ3) is 1.96. The van der Waals surface area contributed by atoms with Crippen LogP contribution in [0.15, 0.2) is 83.3 Å². The number of nitrogens with one attached hydrogen (secondary N) is 1. The van der Waals surface area contributed by atoms with Gasteiger partial charge in [0, 0.05) is 32.1 Å². The molecule has 2 aromatic heterocycles. The summed E-state index contributed by atoms with van der Waals surface area (Å²) in [6.45, 7) is 0. The summed E-state index contributed by atoms with van der Waals surface area (Å²) in [4.78, 5) is 3.48. The highest BCUT2D eigenvalue weighted by Gasteiger charge is 2.17. The normalized spacial score (nSPS) is 12.3. The van der Waals surface area contributed by atoms with Crippen molar-refractivity contribution in [2.75, 3.05) is 0 Å². The maximum absolute atomic E-state index is 6.47. The molecule has 7 rings (SSSR count). The van der Waals surface area contributed by atoms with Crippen LogP contribution in [-0.4, -0.2) is 4.98 Å². The van der Waals surface area contributed by atoms with E-state index in [2.05, 4.69) is 71.7 Å². The lowest BCUT2D eigenvalue weighted by atomic mass is 9.97. The SMILES string of the molecule is Clc1ccc2c(c1)[nH]c1ccc3c(oc4ccc5ccc6ccccc6c5c43)c12. The van der Waals surface area contributed by atoms with Crippen molar-refractivity contribution in [3.05, 3.63) is 83.9 Å². The second-order valence-electron chi connectivity index (χ2n) is 7.61. The van der Waals surface area contributed by atoms with Crippen molar-refractivity contribution in [1.82, 2.24) is 4.98 Å². The van der Waals surface area contributed by atoms with E-state index in [1.807, 2.05) is 12.1 Å². The lowest BCUT2D eigenvalue weighted by molar-refractivity contribution is 0.673. The molecule has 2 heterocycles. The highest BCUT2D eigenvalue weighted by molar-refractivity contribution is 6.33. The summed E-state index contributed by atoms with van der Waals surface area (Å²) in [6.07, 6.45) is 0. The van der Waals surface area contributed by atoms with E-state index >= 15 is 0 Å². The zero-order valence-electron chi connectivity index (χ0n) is 15.3. The summed E-state index contributed by atoms with van der Waals surface area (Å²) >= 11 is 6.21. The second kappa shape index (κ2) is 5.31. The first-order valence-electron chi connectivity index (χ1n) is 9.64. The van der Waals surface area contributed by atoms with Crippen LogP contribution in [-0.2, 0) is 0 Å². The topological polar surface area (TPSA) is 28.9 Å². The predicted molar refractivity (Wildman–Crippen MR) is 123 cm³/mol. The van der Waals surface area contributed by atoms with Crippen molar-refractivity contribution in [1.29, 1.82) is 0 Å². The molecule has 7 aromatic rings. The Bertz CT molecular complexity index is 1770. The molecule has 2 nitrogen and oxygen atoms in total. The molecule has 0 saturated heterocycles. The smallest absolute Gasteiger partial charge is 0.145 e. The summed E-state index contributed by atoms with van der Waals surface area (Å²) in [6, 6.07) is 27.4. The number of H-pyrrole nitrogens is 1. The van der Waals surface area contributed by atoms with Crippen LogP contribution in [0.2, 0.25) is 5.02 Å². The molecule has 0 saturated carbocycles. The lowest BCUT2D eigenvalue weighted by Gasteiger charge is -2.05. The summed E-state index contributed by atoms with van der Waals surface area (Å²) in [5.74, 6) is 0. The second-order valence-corrected chi connectivity index (χ2v) is 8.04. The van der Waals surface area contributed by atoms with Crippen molar-refractivity contribution in [2.24, 2.45) is 0 Å². The van der Waals surface area contributed by atoms with E-state index in [1.165, 1.54) is 26.9 Å². The van der Waals surface area contributed by atoms with Gasteiger partial charge in [0.25, 0.3) is 0 Å². The van der Waals surface area contributed by atoms with Gasteiger partial charge in [-0.2, -0.15) is 0 Å². The fourth-order valence-corrected chi connectivity index (χ4v) is 4.95. The number of halogens is 1. The van der Waals surface area contributed by atoms with E-state index in [9.17, 15) is 0 Å². The van der Waals surface area contributed by atoms with Gasteiger partial charge in [-0.15, -0.1) is 0 Å². The van der Waals surface area contributed by atoms with Crippen molar-refractivity contribution in [3.63, 3.8) is 0 Å². The Morgan fingerprint density at radius 1 is 0.621 bits per heavy atom. The quantitative estimate of drug-likeness (QED) is 0.259. The first-order chi connectivity index (χ1) is 14.3. The van der Waals surface area contributed by atoms with Crippen molar-refractivity contribution in [2.45, 2.75) is 0 Å². The Kier molecular flexibility index (Phi) is 2.83. The van der Waals surface area contributed by atoms with Crippen LogP contribution in [0.5, 0.6) is 0 Å². The van der Waals surface area contributed by atoms with Crippen LogP contribution in [0.4, 0.5) is 0 Å². The minimum Gasteiger partial charge on any atom is -0.455 e. The number of hydrogen-bond acceptors (Lipinski definition) is 1. The van der Waals surface area contributed by atoms with Gasteiger partial charge in [0.05, 0.1) is 10.9 Å². The van der Waals surface area contributed by atoms with Crippen molar-refractivity contribution >= 4 is 76.9 Å². The number of benzene rings is 5. The van der Waals surface area contributed by atoms with Crippen LogP contribution in [0, 0.1) is 0 Å². The highest BCUT2D eigenvalue weighted by atomic mass is 35.5. The molecule has 136 valence electrons. The Balaban J connectivity index is 1.77. The molecule has 0 aliphatic rings. The van der Waals surface area contributed by atoms with Gasteiger partial charge in [-0.05, 0) is 46.5 Å². The van der Waals surface area contributed by atoms with E-state index in [4.69, 9.17) is 16.0 Å². The van der Waals surface area contributed by atoms with E-state index < -0.39 is 0 Å². The molecule has 0 spiro atoms. The molecule has 0 amide bonds. The van der Waals surface area contributed by atoms with Crippen LogP contribution >= 0.6 is 11.6 Å². The summed E-state index contributed by atoms with van der Waals surface area (Å²) in [7, 11) is 0.